The zero-order valence-electron chi connectivity index (χ0n) is 10.6. The van der Waals surface area contributed by atoms with Crippen LogP contribution in [0, 0.1) is 17.5 Å². The molecule has 0 aliphatic carbocycles. The Kier molecular flexibility index (Phi) is 4.19. The molecule has 0 heterocycles. The van der Waals surface area contributed by atoms with E-state index in [4.69, 9.17) is 5.73 Å². The molecule has 0 atom stereocenters. The van der Waals surface area contributed by atoms with Gasteiger partial charge in [0.2, 0.25) is 10.0 Å². The highest BCUT2D eigenvalue weighted by Gasteiger charge is 2.22. The van der Waals surface area contributed by atoms with E-state index in [0.717, 1.165) is 18.2 Å². The second kappa shape index (κ2) is 5.74. The van der Waals surface area contributed by atoms with Crippen molar-refractivity contribution in [2.45, 2.75) is 11.4 Å². The maximum absolute atomic E-state index is 13.7. The van der Waals surface area contributed by atoms with Crippen LogP contribution in [0.5, 0.6) is 0 Å². The topological polar surface area (TPSA) is 72.2 Å². The number of halogens is 3. The third-order valence-corrected chi connectivity index (χ3v) is 4.15. The molecule has 0 bridgehead atoms. The van der Waals surface area contributed by atoms with Gasteiger partial charge in [-0.15, -0.1) is 0 Å². The zero-order chi connectivity index (χ0) is 15.6. The van der Waals surface area contributed by atoms with Crippen molar-refractivity contribution < 1.29 is 21.6 Å². The van der Waals surface area contributed by atoms with Gasteiger partial charge in [0, 0.05) is 6.54 Å². The summed E-state index contributed by atoms with van der Waals surface area (Å²) in [6.45, 7) is -0.239. The molecule has 0 unspecified atom stereocenters. The van der Waals surface area contributed by atoms with Crippen molar-refractivity contribution in [1.29, 1.82) is 0 Å². The number of nitrogens with one attached hydrogen (secondary N) is 1. The normalized spacial score (nSPS) is 11.6. The van der Waals surface area contributed by atoms with Crippen molar-refractivity contribution in [2.75, 3.05) is 5.73 Å². The van der Waals surface area contributed by atoms with Gasteiger partial charge in [0.25, 0.3) is 0 Å². The highest BCUT2D eigenvalue weighted by molar-refractivity contribution is 7.89. The summed E-state index contributed by atoms with van der Waals surface area (Å²) in [5.41, 5.74) is 4.60. The van der Waals surface area contributed by atoms with E-state index >= 15 is 0 Å². The SMILES string of the molecule is Nc1c(F)ccc(S(=O)(=O)NCc2cccc(F)c2)c1F. The summed E-state index contributed by atoms with van der Waals surface area (Å²) in [5, 5.41) is 0. The minimum Gasteiger partial charge on any atom is -0.394 e. The average molecular weight is 316 g/mol. The van der Waals surface area contributed by atoms with Crippen molar-refractivity contribution in [3.63, 3.8) is 0 Å². The van der Waals surface area contributed by atoms with Crippen molar-refractivity contribution in [2.24, 2.45) is 0 Å². The van der Waals surface area contributed by atoms with E-state index in [1.807, 2.05) is 0 Å². The first-order valence-electron chi connectivity index (χ1n) is 5.79. The van der Waals surface area contributed by atoms with E-state index in [1.165, 1.54) is 18.2 Å². The minimum absolute atomic E-state index is 0.239. The van der Waals surface area contributed by atoms with Crippen LogP contribution < -0.4 is 10.5 Å². The second-order valence-corrected chi connectivity index (χ2v) is 5.96. The summed E-state index contributed by atoms with van der Waals surface area (Å²) in [6, 6.07) is 6.79. The third-order valence-electron chi connectivity index (χ3n) is 2.74. The van der Waals surface area contributed by atoms with Crippen molar-refractivity contribution in [3.8, 4) is 0 Å². The fourth-order valence-corrected chi connectivity index (χ4v) is 2.77. The number of benzene rings is 2. The number of rotatable bonds is 4. The molecule has 2 rings (SSSR count). The van der Waals surface area contributed by atoms with Crippen LogP contribution in [0.1, 0.15) is 5.56 Å². The number of hydrogen-bond donors (Lipinski definition) is 2. The smallest absolute Gasteiger partial charge is 0.243 e. The minimum atomic E-state index is -4.24. The van der Waals surface area contributed by atoms with Gasteiger partial charge in [-0.25, -0.2) is 26.3 Å². The highest BCUT2D eigenvalue weighted by Crippen LogP contribution is 2.22. The fraction of sp³-hybridized carbons (Fsp3) is 0.0769. The lowest BCUT2D eigenvalue weighted by molar-refractivity contribution is 0.547. The Morgan fingerprint density at radius 3 is 2.48 bits per heavy atom. The standard InChI is InChI=1S/C13H11F3N2O2S/c14-9-3-1-2-8(6-9)7-18-21(19,20)11-5-4-10(15)13(17)12(11)16/h1-6,18H,7,17H2. The highest BCUT2D eigenvalue weighted by atomic mass is 32.2. The predicted molar refractivity (Wildman–Crippen MR) is 71.2 cm³/mol. The Hall–Kier alpha value is -2.06. The van der Waals surface area contributed by atoms with Crippen molar-refractivity contribution >= 4 is 15.7 Å². The lowest BCUT2D eigenvalue weighted by Gasteiger charge is -2.09. The molecule has 0 radical (unpaired) electrons. The predicted octanol–water partition coefficient (Wildman–Crippen LogP) is 2.16. The average Bonchev–Trinajstić information content (AvgIpc) is 2.43. The van der Waals surface area contributed by atoms with E-state index in [0.29, 0.717) is 5.56 Å². The van der Waals surface area contributed by atoms with Crippen LogP contribution in [0.15, 0.2) is 41.3 Å². The van der Waals surface area contributed by atoms with Crippen molar-refractivity contribution in [1.82, 2.24) is 4.72 Å². The molecule has 4 nitrogen and oxygen atoms in total. The van der Waals surface area contributed by atoms with E-state index in [1.54, 1.807) is 0 Å². The van der Waals surface area contributed by atoms with Gasteiger partial charge in [0.05, 0.1) is 0 Å². The van der Waals surface area contributed by atoms with E-state index in [9.17, 15) is 21.6 Å². The Balaban J connectivity index is 2.25. The Morgan fingerprint density at radius 2 is 1.81 bits per heavy atom. The van der Waals surface area contributed by atoms with E-state index in [-0.39, 0.29) is 6.54 Å². The quantitative estimate of drug-likeness (QED) is 0.849. The molecule has 3 N–H and O–H groups in total. The summed E-state index contributed by atoms with van der Waals surface area (Å²) in [7, 11) is -4.24. The Bertz CT molecular complexity index is 779. The van der Waals surface area contributed by atoms with Gasteiger partial charge in [-0.05, 0) is 29.8 Å². The van der Waals surface area contributed by atoms with Crippen LogP contribution in [0.4, 0.5) is 18.9 Å². The van der Waals surface area contributed by atoms with Crippen LogP contribution in [-0.2, 0) is 16.6 Å². The number of anilines is 1. The first kappa shape index (κ1) is 15.3. The fourth-order valence-electron chi connectivity index (χ4n) is 1.66. The number of hydrogen-bond acceptors (Lipinski definition) is 3. The van der Waals surface area contributed by atoms with Gasteiger partial charge in [-0.3, -0.25) is 0 Å². The zero-order valence-corrected chi connectivity index (χ0v) is 11.4. The molecule has 0 fully saturated rings. The molecule has 0 aliphatic rings. The lowest BCUT2D eigenvalue weighted by atomic mass is 10.2. The largest absolute Gasteiger partial charge is 0.394 e. The van der Waals surface area contributed by atoms with Crippen LogP contribution >= 0.6 is 0 Å². The molecule has 2 aromatic carbocycles. The molecule has 0 amide bonds. The van der Waals surface area contributed by atoms with Crippen LogP contribution in [-0.4, -0.2) is 8.42 Å². The molecule has 0 aromatic heterocycles. The van der Waals surface area contributed by atoms with E-state index in [2.05, 4.69) is 4.72 Å². The van der Waals surface area contributed by atoms with E-state index < -0.39 is 38.1 Å². The Morgan fingerprint density at radius 1 is 1.10 bits per heavy atom. The van der Waals surface area contributed by atoms with Crippen LogP contribution in [0.25, 0.3) is 0 Å². The Labute approximate surface area is 119 Å². The summed E-state index contributed by atoms with van der Waals surface area (Å²) in [4.78, 5) is -0.766. The number of nitrogen functional groups attached to an aromatic ring is 1. The molecular weight excluding hydrogens is 305 g/mol. The van der Waals surface area contributed by atoms with Gasteiger partial charge >= 0.3 is 0 Å². The maximum atomic E-state index is 13.7. The first-order valence-corrected chi connectivity index (χ1v) is 7.27. The van der Waals surface area contributed by atoms with Crippen molar-refractivity contribution in [3.05, 3.63) is 59.4 Å². The van der Waals surface area contributed by atoms with Crippen LogP contribution in [0.3, 0.4) is 0 Å². The molecule has 0 aliphatic heterocycles. The summed E-state index contributed by atoms with van der Waals surface area (Å²) in [5.74, 6) is -2.93. The van der Waals surface area contributed by atoms with Gasteiger partial charge < -0.3 is 5.73 Å². The number of nitrogens with two attached hydrogens (primary N) is 1. The summed E-state index contributed by atoms with van der Waals surface area (Å²) < 4.78 is 65.7. The lowest BCUT2D eigenvalue weighted by Crippen LogP contribution is -2.24. The second-order valence-electron chi connectivity index (χ2n) is 4.23. The summed E-state index contributed by atoms with van der Waals surface area (Å²) in [6.07, 6.45) is 0. The number of sulfonamides is 1. The molecule has 21 heavy (non-hydrogen) atoms. The molecular formula is C13H11F3N2O2S. The monoisotopic (exact) mass is 316 g/mol. The maximum Gasteiger partial charge on any atom is 0.243 e. The van der Waals surface area contributed by atoms with Crippen LogP contribution in [0.2, 0.25) is 0 Å². The van der Waals surface area contributed by atoms with Gasteiger partial charge in [0.15, 0.2) is 5.82 Å². The molecule has 0 saturated heterocycles. The molecule has 0 spiro atoms. The van der Waals surface area contributed by atoms with Gasteiger partial charge in [-0.1, -0.05) is 12.1 Å². The first-order chi connectivity index (χ1) is 9.81. The molecule has 8 heteroatoms. The third kappa shape index (κ3) is 3.34. The van der Waals surface area contributed by atoms with Gasteiger partial charge in [-0.2, -0.15) is 0 Å². The van der Waals surface area contributed by atoms with Gasteiger partial charge in [0.1, 0.15) is 22.2 Å². The molecule has 112 valence electrons. The molecule has 0 saturated carbocycles. The molecule has 2 aromatic rings. The summed E-state index contributed by atoms with van der Waals surface area (Å²) >= 11 is 0.